The van der Waals surface area contributed by atoms with Crippen LogP contribution >= 0.6 is 15.9 Å². The highest BCUT2D eigenvalue weighted by atomic mass is 79.9. The van der Waals surface area contributed by atoms with Crippen molar-refractivity contribution in [3.05, 3.63) is 101 Å². The van der Waals surface area contributed by atoms with E-state index < -0.39 is 6.10 Å². The van der Waals surface area contributed by atoms with Crippen LogP contribution in [0, 0.1) is 0 Å². The number of fused-ring (bicyclic) bond motifs is 3. The summed E-state index contributed by atoms with van der Waals surface area (Å²) in [6.07, 6.45) is -0.655. The highest BCUT2D eigenvalue weighted by Crippen LogP contribution is 2.47. The van der Waals surface area contributed by atoms with Crippen molar-refractivity contribution in [3.63, 3.8) is 0 Å². The molecule has 1 unspecified atom stereocenters. The minimum atomic E-state index is -0.655. The second-order valence-electron chi connectivity index (χ2n) is 6.68. The predicted octanol–water partition coefficient (Wildman–Crippen LogP) is 6.24. The summed E-state index contributed by atoms with van der Waals surface area (Å²) < 4.78 is 1.04. The van der Waals surface area contributed by atoms with Gasteiger partial charge in [-0.05, 0) is 34.9 Å². The van der Waals surface area contributed by atoms with Gasteiger partial charge in [0.15, 0.2) is 0 Å². The summed E-state index contributed by atoms with van der Waals surface area (Å²) in [6, 6.07) is 28.5. The lowest BCUT2D eigenvalue weighted by molar-refractivity contribution is 0.225. The molecular weight excluding hydrogens is 398 g/mol. The number of pyridine rings is 1. The first-order valence-electron chi connectivity index (χ1n) is 8.86. The lowest BCUT2D eigenvalue weighted by Gasteiger charge is -2.14. The zero-order valence-electron chi connectivity index (χ0n) is 14.4. The molecule has 0 aliphatic heterocycles. The van der Waals surface area contributed by atoms with Crippen LogP contribution in [-0.2, 0) is 0 Å². The van der Waals surface area contributed by atoms with Gasteiger partial charge in [0.25, 0.3) is 0 Å². The molecular formula is C24H16BrNO. The number of aliphatic hydroxyl groups is 1. The molecule has 130 valence electrons. The Bertz CT molecular complexity index is 1140. The Kier molecular flexibility index (Phi) is 3.92. The van der Waals surface area contributed by atoms with Crippen LogP contribution in [0.4, 0.5) is 0 Å². The summed E-state index contributed by atoms with van der Waals surface area (Å²) in [7, 11) is 0. The molecule has 0 amide bonds. The van der Waals surface area contributed by atoms with Gasteiger partial charge >= 0.3 is 0 Å². The maximum Gasteiger partial charge on any atom is 0.107 e. The monoisotopic (exact) mass is 413 g/mol. The van der Waals surface area contributed by atoms with Gasteiger partial charge in [0.1, 0.15) is 6.10 Å². The van der Waals surface area contributed by atoms with E-state index in [-0.39, 0.29) is 0 Å². The third-order valence-electron chi connectivity index (χ3n) is 5.07. The van der Waals surface area contributed by atoms with Gasteiger partial charge in [-0.3, -0.25) is 0 Å². The average molecular weight is 414 g/mol. The fraction of sp³-hybridized carbons (Fsp3) is 0.0417. The number of aliphatic hydroxyl groups excluding tert-OH is 1. The SMILES string of the molecule is OC1c2ccccc2-c2nc(-c3ccc(Br)cc3)cc(-c3ccccc3)c21. The molecule has 1 aromatic heterocycles. The molecule has 1 atom stereocenters. The van der Waals surface area contributed by atoms with Crippen molar-refractivity contribution < 1.29 is 5.11 Å². The summed E-state index contributed by atoms with van der Waals surface area (Å²) in [5, 5.41) is 11.0. The number of hydrogen-bond acceptors (Lipinski definition) is 2. The topological polar surface area (TPSA) is 33.1 Å². The quantitative estimate of drug-likeness (QED) is 0.421. The predicted molar refractivity (Wildman–Crippen MR) is 112 cm³/mol. The third kappa shape index (κ3) is 2.71. The minimum Gasteiger partial charge on any atom is -0.384 e. The van der Waals surface area contributed by atoms with Crippen LogP contribution in [-0.4, -0.2) is 10.1 Å². The maximum atomic E-state index is 11.0. The van der Waals surface area contributed by atoms with Gasteiger partial charge in [-0.2, -0.15) is 0 Å². The van der Waals surface area contributed by atoms with E-state index in [2.05, 4.69) is 46.3 Å². The Balaban J connectivity index is 1.81. The number of halogens is 1. The second kappa shape index (κ2) is 6.45. The van der Waals surface area contributed by atoms with Gasteiger partial charge in [-0.1, -0.05) is 82.7 Å². The first kappa shape index (κ1) is 16.4. The van der Waals surface area contributed by atoms with Crippen molar-refractivity contribution in [2.24, 2.45) is 0 Å². The van der Waals surface area contributed by atoms with Crippen LogP contribution in [0.3, 0.4) is 0 Å². The third-order valence-corrected chi connectivity index (χ3v) is 5.60. The lowest BCUT2D eigenvalue weighted by Crippen LogP contribution is -1.99. The van der Waals surface area contributed by atoms with Gasteiger partial charge in [0.05, 0.1) is 11.4 Å². The molecule has 27 heavy (non-hydrogen) atoms. The number of nitrogens with zero attached hydrogens (tertiary/aromatic N) is 1. The smallest absolute Gasteiger partial charge is 0.107 e. The summed E-state index contributed by atoms with van der Waals surface area (Å²) in [5.41, 5.74) is 7.77. The summed E-state index contributed by atoms with van der Waals surface area (Å²) in [5.74, 6) is 0. The molecule has 0 saturated carbocycles. The molecule has 1 aliphatic carbocycles. The lowest BCUT2D eigenvalue weighted by atomic mass is 9.95. The molecule has 0 spiro atoms. The van der Waals surface area contributed by atoms with Crippen LogP contribution in [0.25, 0.3) is 33.6 Å². The Morgan fingerprint density at radius 3 is 2.22 bits per heavy atom. The van der Waals surface area contributed by atoms with Gasteiger partial charge in [0, 0.05) is 21.2 Å². The summed E-state index contributed by atoms with van der Waals surface area (Å²) in [4.78, 5) is 4.96. The molecule has 1 heterocycles. The standard InChI is InChI=1S/C24H16BrNO/c25-17-12-10-16(11-13-17)21-14-20(15-6-2-1-3-7-15)22-23(26-21)18-8-4-5-9-19(18)24(22)27/h1-14,24,27H. The molecule has 0 radical (unpaired) electrons. The van der Waals surface area contributed by atoms with Crippen molar-refractivity contribution in [2.75, 3.05) is 0 Å². The minimum absolute atomic E-state index is 0.655. The molecule has 0 bridgehead atoms. The Labute approximate surface area is 166 Å². The fourth-order valence-corrected chi connectivity index (χ4v) is 4.03. The van der Waals surface area contributed by atoms with Crippen LogP contribution < -0.4 is 0 Å². The van der Waals surface area contributed by atoms with Crippen molar-refractivity contribution in [1.82, 2.24) is 4.98 Å². The average Bonchev–Trinajstić information content (AvgIpc) is 3.01. The van der Waals surface area contributed by atoms with Crippen molar-refractivity contribution in [1.29, 1.82) is 0 Å². The zero-order valence-corrected chi connectivity index (χ0v) is 16.0. The first-order valence-corrected chi connectivity index (χ1v) is 9.65. The van der Waals surface area contributed by atoms with E-state index in [9.17, 15) is 5.11 Å². The summed E-state index contributed by atoms with van der Waals surface area (Å²) in [6.45, 7) is 0. The molecule has 1 N–H and O–H groups in total. The van der Waals surface area contributed by atoms with E-state index in [1.54, 1.807) is 0 Å². The van der Waals surface area contributed by atoms with Crippen LogP contribution in [0.2, 0.25) is 0 Å². The number of hydrogen-bond donors (Lipinski definition) is 1. The van der Waals surface area contributed by atoms with E-state index in [0.717, 1.165) is 49.2 Å². The van der Waals surface area contributed by atoms with Gasteiger partial charge < -0.3 is 5.11 Å². The van der Waals surface area contributed by atoms with Crippen LogP contribution in [0.15, 0.2) is 89.4 Å². The van der Waals surface area contributed by atoms with E-state index in [1.165, 1.54) is 0 Å². The van der Waals surface area contributed by atoms with Crippen molar-refractivity contribution in [2.45, 2.75) is 6.10 Å². The second-order valence-corrected chi connectivity index (χ2v) is 7.60. The molecule has 5 rings (SSSR count). The Morgan fingerprint density at radius 1 is 0.741 bits per heavy atom. The summed E-state index contributed by atoms with van der Waals surface area (Å²) >= 11 is 3.49. The van der Waals surface area contributed by atoms with E-state index in [0.29, 0.717) is 0 Å². The molecule has 3 aromatic carbocycles. The highest BCUT2D eigenvalue weighted by molar-refractivity contribution is 9.10. The maximum absolute atomic E-state index is 11.0. The Hall–Kier alpha value is -2.75. The number of rotatable bonds is 2. The van der Waals surface area contributed by atoms with Gasteiger partial charge in [-0.25, -0.2) is 4.98 Å². The molecule has 2 nitrogen and oxygen atoms in total. The number of benzene rings is 3. The largest absolute Gasteiger partial charge is 0.384 e. The molecule has 1 aliphatic rings. The molecule has 3 heteroatoms. The van der Waals surface area contributed by atoms with E-state index >= 15 is 0 Å². The normalized spacial score (nSPS) is 14.7. The van der Waals surface area contributed by atoms with E-state index in [4.69, 9.17) is 4.98 Å². The zero-order chi connectivity index (χ0) is 18.4. The van der Waals surface area contributed by atoms with E-state index in [1.807, 2.05) is 54.6 Å². The van der Waals surface area contributed by atoms with Crippen molar-refractivity contribution >= 4 is 15.9 Å². The van der Waals surface area contributed by atoms with Crippen LogP contribution in [0.5, 0.6) is 0 Å². The van der Waals surface area contributed by atoms with Gasteiger partial charge in [-0.15, -0.1) is 0 Å². The van der Waals surface area contributed by atoms with Gasteiger partial charge in [0.2, 0.25) is 0 Å². The van der Waals surface area contributed by atoms with Crippen LogP contribution in [0.1, 0.15) is 17.2 Å². The Morgan fingerprint density at radius 2 is 1.44 bits per heavy atom. The molecule has 4 aromatic rings. The van der Waals surface area contributed by atoms with Crippen molar-refractivity contribution in [3.8, 4) is 33.6 Å². The number of aromatic nitrogens is 1. The fourth-order valence-electron chi connectivity index (χ4n) is 3.77. The highest BCUT2D eigenvalue weighted by Gasteiger charge is 2.31. The molecule has 0 fully saturated rings. The molecule has 0 saturated heterocycles. The first-order chi connectivity index (χ1) is 13.2.